The molecular formula is C24H21BrFNO4S. The summed E-state index contributed by atoms with van der Waals surface area (Å²) >= 11 is 4.67. The Balaban J connectivity index is 1.92. The topological polar surface area (TPSA) is 64.6 Å². The first-order valence-corrected chi connectivity index (χ1v) is 11.3. The van der Waals surface area contributed by atoms with Crippen LogP contribution >= 0.6 is 27.3 Å². The third-order valence-corrected chi connectivity index (χ3v) is 6.04. The number of amides is 1. The van der Waals surface area contributed by atoms with Crippen molar-refractivity contribution in [2.45, 2.75) is 13.8 Å². The number of hydrogen-bond donors (Lipinski definition) is 1. The van der Waals surface area contributed by atoms with E-state index in [9.17, 15) is 14.0 Å². The second kappa shape index (κ2) is 10.6. The number of ether oxygens (including phenoxy) is 2. The first-order valence-electron chi connectivity index (χ1n) is 9.73. The van der Waals surface area contributed by atoms with Crippen molar-refractivity contribution in [3.63, 3.8) is 0 Å². The highest BCUT2D eigenvalue weighted by atomic mass is 79.9. The number of halogens is 2. The van der Waals surface area contributed by atoms with Crippen LogP contribution in [0.2, 0.25) is 0 Å². The molecule has 32 heavy (non-hydrogen) atoms. The number of nitrogens with one attached hydrogen (secondary N) is 1. The molecule has 1 heterocycles. The lowest BCUT2D eigenvalue weighted by molar-refractivity contribution is -0.111. The Kier molecular flexibility index (Phi) is 7.82. The van der Waals surface area contributed by atoms with Crippen LogP contribution in [0.5, 0.6) is 5.75 Å². The van der Waals surface area contributed by atoms with Crippen molar-refractivity contribution in [1.29, 1.82) is 0 Å². The molecule has 0 aliphatic carbocycles. The Morgan fingerprint density at radius 1 is 1.19 bits per heavy atom. The van der Waals surface area contributed by atoms with Crippen molar-refractivity contribution in [3.05, 3.63) is 74.8 Å². The lowest BCUT2D eigenvalue weighted by Gasteiger charge is -2.08. The van der Waals surface area contributed by atoms with Crippen molar-refractivity contribution >= 4 is 50.2 Å². The number of carbonyl (C=O) groups is 2. The van der Waals surface area contributed by atoms with Gasteiger partial charge in [0.2, 0.25) is 5.91 Å². The van der Waals surface area contributed by atoms with Gasteiger partial charge in [-0.15, -0.1) is 11.3 Å². The summed E-state index contributed by atoms with van der Waals surface area (Å²) in [4.78, 5) is 26.0. The van der Waals surface area contributed by atoms with E-state index < -0.39 is 11.9 Å². The fourth-order valence-corrected chi connectivity index (χ4v) is 4.60. The maximum atomic E-state index is 13.4. The molecule has 1 aromatic heterocycles. The molecule has 166 valence electrons. The van der Waals surface area contributed by atoms with Crippen molar-refractivity contribution in [1.82, 2.24) is 0 Å². The van der Waals surface area contributed by atoms with Gasteiger partial charge in [0.05, 0.1) is 13.7 Å². The van der Waals surface area contributed by atoms with Gasteiger partial charge in [0.15, 0.2) is 0 Å². The highest BCUT2D eigenvalue weighted by molar-refractivity contribution is 9.10. The van der Waals surface area contributed by atoms with Gasteiger partial charge in [0.25, 0.3) is 0 Å². The fourth-order valence-electron chi connectivity index (χ4n) is 3.15. The highest BCUT2D eigenvalue weighted by Crippen LogP contribution is 2.40. The zero-order valence-corrected chi connectivity index (χ0v) is 20.1. The molecule has 0 aliphatic rings. The van der Waals surface area contributed by atoms with E-state index >= 15 is 0 Å². The number of thiophene rings is 1. The zero-order chi connectivity index (χ0) is 23.3. The number of aryl methyl sites for hydroxylation is 1. The van der Waals surface area contributed by atoms with E-state index in [0.717, 1.165) is 14.9 Å². The number of rotatable bonds is 7. The summed E-state index contributed by atoms with van der Waals surface area (Å²) in [5.41, 5.74) is 2.23. The van der Waals surface area contributed by atoms with E-state index in [1.54, 1.807) is 18.2 Å². The molecule has 0 saturated heterocycles. The van der Waals surface area contributed by atoms with Crippen LogP contribution in [-0.4, -0.2) is 25.6 Å². The summed E-state index contributed by atoms with van der Waals surface area (Å²) < 4.78 is 24.8. The first kappa shape index (κ1) is 23.7. The lowest BCUT2D eigenvalue weighted by Crippen LogP contribution is -2.11. The van der Waals surface area contributed by atoms with Crippen molar-refractivity contribution in [2.75, 3.05) is 19.0 Å². The lowest BCUT2D eigenvalue weighted by atomic mass is 10.0. The van der Waals surface area contributed by atoms with Gasteiger partial charge >= 0.3 is 5.97 Å². The molecule has 0 atom stereocenters. The monoisotopic (exact) mass is 517 g/mol. The largest absolute Gasteiger partial charge is 0.493 e. The Bertz CT molecular complexity index is 1170. The molecule has 0 unspecified atom stereocenters. The molecule has 2 aromatic carbocycles. The van der Waals surface area contributed by atoms with Gasteiger partial charge in [-0.05, 0) is 55.8 Å². The Labute approximate surface area is 198 Å². The maximum absolute atomic E-state index is 13.4. The summed E-state index contributed by atoms with van der Waals surface area (Å²) in [5, 5.41) is 3.13. The number of carbonyl (C=O) groups excluding carboxylic acids is 2. The SMILES string of the molecule is CCOc1ccc(Br)cc1/C=C/C(=O)Nc1sc(C)c(-c2ccc(F)cc2)c1C(=O)OC. The average molecular weight is 518 g/mol. The maximum Gasteiger partial charge on any atom is 0.341 e. The van der Waals surface area contributed by atoms with E-state index in [2.05, 4.69) is 21.2 Å². The molecule has 0 aliphatic heterocycles. The van der Waals surface area contributed by atoms with E-state index in [0.29, 0.717) is 28.5 Å². The van der Waals surface area contributed by atoms with Crippen molar-refractivity contribution in [2.24, 2.45) is 0 Å². The fraction of sp³-hybridized carbons (Fsp3) is 0.167. The van der Waals surface area contributed by atoms with Crippen LogP contribution in [0.1, 0.15) is 27.7 Å². The molecule has 3 rings (SSSR count). The molecule has 8 heteroatoms. The van der Waals surface area contributed by atoms with Crippen LogP contribution in [0.3, 0.4) is 0 Å². The minimum Gasteiger partial charge on any atom is -0.493 e. The second-order valence-electron chi connectivity index (χ2n) is 6.67. The molecule has 0 spiro atoms. The number of anilines is 1. The zero-order valence-electron chi connectivity index (χ0n) is 17.7. The van der Waals surface area contributed by atoms with Gasteiger partial charge in [-0.3, -0.25) is 4.79 Å². The number of hydrogen-bond acceptors (Lipinski definition) is 5. The van der Waals surface area contributed by atoms with Crippen molar-refractivity contribution in [3.8, 4) is 16.9 Å². The van der Waals surface area contributed by atoms with Gasteiger partial charge < -0.3 is 14.8 Å². The van der Waals surface area contributed by atoms with Gasteiger partial charge in [-0.25, -0.2) is 9.18 Å². The van der Waals surface area contributed by atoms with Gasteiger partial charge in [0.1, 0.15) is 22.1 Å². The highest BCUT2D eigenvalue weighted by Gasteiger charge is 2.24. The van der Waals surface area contributed by atoms with Gasteiger partial charge in [-0.2, -0.15) is 0 Å². The normalized spacial score (nSPS) is 10.9. The summed E-state index contributed by atoms with van der Waals surface area (Å²) in [6.07, 6.45) is 3.02. The molecule has 0 radical (unpaired) electrons. The van der Waals surface area contributed by atoms with Crippen LogP contribution in [0.4, 0.5) is 9.39 Å². The third kappa shape index (κ3) is 5.44. The van der Waals surface area contributed by atoms with Crippen LogP contribution in [-0.2, 0) is 9.53 Å². The Morgan fingerprint density at radius 2 is 1.91 bits per heavy atom. The summed E-state index contributed by atoms with van der Waals surface area (Å²) in [6, 6.07) is 11.3. The standard InChI is InChI=1S/C24H21BrFNO4S/c1-4-31-19-11-8-17(25)13-16(19)7-12-20(28)27-23-22(24(29)30-3)21(14(2)32-23)15-5-9-18(26)10-6-15/h5-13H,4H2,1-3H3,(H,27,28)/b12-7+. The van der Waals surface area contributed by atoms with Crippen LogP contribution < -0.4 is 10.1 Å². The molecular weight excluding hydrogens is 497 g/mol. The quantitative estimate of drug-likeness (QED) is 0.288. The molecule has 3 aromatic rings. The third-order valence-electron chi connectivity index (χ3n) is 4.53. The van der Waals surface area contributed by atoms with Crippen LogP contribution in [0.15, 0.2) is 53.0 Å². The minimum atomic E-state index is -0.585. The molecule has 0 saturated carbocycles. The van der Waals surface area contributed by atoms with Crippen LogP contribution in [0.25, 0.3) is 17.2 Å². The summed E-state index contributed by atoms with van der Waals surface area (Å²) in [7, 11) is 1.28. The smallest absolute Gasteiger partial charge is 0.341 e. The predicted octanol–water partition coefficient (Wildman–Crippen LogP) is 6.46. The summed E-state index contributed by atoms with van der Waals surface area (Å²) in [6.45, 7) is 4.21. The Morgan fingerprint density at radius 3 is 2.56 bits per heavy atom. The second-order valence-corrected chi connectivity index (χ2v) is 8.81. The van der Waals surface area contributed by atoms with Crippen molar-refractivity contribution < 1.29 is 23.5 Å². The summed E-state index contributed by atoms with van der Waals surface area (Å²) in [5.74, 6) is -0.720. The molecule has 1 N–H and O–H groups in total. The van der Waals surface area contributed by atoms with Gasteiger partial charge in [-0.1, -0.05) is 28.1 Å². The minimum absolute atomic E-state index is 0.237. The number of methoxy groups -OCH3 is 1. The van der Waals surface area contributed by atoms with E-state index in [-0.39, 0.29) is 11.4 Å². The molecule has 0 bridgehead atoms. The van der Waals surface area contributed by atoms with E-state index in [4.69, 9.17) is 9.47 Å². The van der Waals surface area contributed by atoms with Gasteiger partial charge in [0, 0.05) is 26.6 Å². The molecule has 1 amide bonds. The Hall–Kier alpha value is -2.97. The molecule has 5 nitrogen and oxygen atoms in total. The van der Waals surface area contributed by atoms with Crippen LogP contribution in [0, 0.1) is 12.7 Å². The average Bonchev–Trinajstić information content (AvgIpc) is 3.09. The number of benzene rings is 2. The molecule has 0 fully saturated rings. The predicted molar refractivity (Wildman–Crippen MR) is 129 cm³/mol. The number of esters is 1. The van der Waals surface area contributed by atoms with E-state index in [1.165, 1.54) is 36.7 Å². The van der Waals surface area contributed by atoms with E-state index in [1.807, 2.05) is 32.0 Å². The first-order chi connectivity index (χ1) is 15.3.